The van der Waals surface area contributed by atoms with Crippen molar-refractivity contribution in [3.8, 4) is 0 Å². The predicted molar refractivity (Wildman–Crippen MR) is 68.7 cm³/mol. The van der Waals surface area contributed by atoms with E-state index in [9.17, 15) is 9.90 Å². The van der Waals surface area contributed by atoms with Crippen LogP contribution in [0, 0.1) is 0 Å². The molecule has 0 spiro atoms. The first-order valence-corrected chi connectivity index (χ1v) is 6.14. The zero-order valence-corrected chi connectivity index (χ0v) is 10.8. The fourth-order valence-corrected chi connectivity index (χ4v) is 2.69. The standard InChI is InChI=1S/C14H19NO3/c1-10(9-18-2)15-14(13(16)17)7-11-5-3-4-6-12(11)8-14/h3-6,10,15H,7-9H2,1-2H3,(H,16,17). The van der Waals surface area contributed by atoms with Crippen LogP contribution in [-0.2, 0) is 22.4 Å². The molecule has 0 aromatic heterocycles. The number of aliphatic carboxylic acids is 1. The van der Waals surface area contributed by atoms with E-state index in [1.165, 1.54) is 0 Å². The molecule has 18 heavy (non-hydrogen) atoms. The van der Waals surface area contributed by atoms with Crippen molar-refractivity contribution >= 4 is 5.97 Å². The lowest BCUT2D eigenvalue weighted by molar-refractivity contribution is -0.145. The first-order valence-electron chi connectivity index (χ1n) is 6.14. The van der Waals surface area contributed by atoms with Crippen LogP contribution < -0.4 is 5.32 Å². The van der Waals surface area contributed by atoms with Crippen molar-refractivity contribution in [2.45, 2.75) is 31.3 Å². The molecule has 0 bridgehead atoms. The van der Waals surface area contributed by atoms with Gasteiger partial charge in [-0.15, -0.1) is 0 Å². The molecule has 4 heteroatoms. The molecule has 1 aliphatic rings. The van der Waals surface area contributed by atoms with E-state index in [0.29, 0.717) is 19.4 Å². The van der Waals surface area contributed by atoms with Crippen LogP contribution in [0.25, 0.3) is 0 Å². The van der Waals surface area contributed by atoms with Gasteiger partial charge >= 0.3 is 5.97 Å². The summed E-state index contributed by atoms with van der Waals surface area (Å²) in [6, 6.07) is 7.93. The van der Waals surface area contributed by atoms with Crippen LogP contribution in [-0.4, -0.2) is 36.4 Å². The van der Waals surface area contributed by atoms with Gasteiger partial charge in [-0.2, -0.15) is 0 Å². The van der Waals surface area contributed by atoms with Gasteiger partial charge in [0, 0.05) is 26.0 Å². The summed E-state index contributed by atoms with van der Waals surface area (Å²) in [6.45, 7) is 2.45. The van der Waals surface area contributed by atoms with Crippen molar-refractivity contribution < 1.29 is 14.6 Å². The number of ether oxygens (including phenoxy) is 1. The van der Waals surface area contributed by atoms with Crippen molar-refractivity contribution in [2.24, 2.45) is 0 Å². The minimum absolute atomic E-state index is 0.0143. The summed E-state index contributed by atoms with van der Waals surface area (Å²) in [7, 11) is 1.62. The number of rotatable bonds is 5. The highest BCUT2D eigenvalue weighted by molar-refractivity contribution is 5.81. The first kappa shape index (κ1) is 13.1. The fraction of sp³-hybridized carbons (Fsp3) is 0.500. The van der Waals surface area contributed by atoms with Crippen molar-refractivity contribution in [3.05, 3.63) is 35.4 Å². The molecule has 4 nitrogen and oxygen atoms in total. The molecule has 2 N–H and O–H groups in total. The zero-order valence-electron chi connectivity index (χ0n) is 10.8. The molecule has 0 amide bonds. The molecule has 2 rings (SSSR count). The summed E-state index contributed by atoms with van der Waals surface area (Å²) in [5, 5.41) is 12.8. The van der Waals surface area contributed by atoms with Crippen LogP contribution in [0.15, 0.2) is 24.3 Å². The smallest absolute Gasteiger partial charge is 0.324 e. The Kier molecular flexibility index (Phi) is 3.68. The maximum atomic E-state index is 11.6. The van der Waals surface area contributed by atoms with Crippen LogP contribution in [0.3, 0.4) is 0 Å². The molecular weight excluding hydrogens is 230 g/mol. The maximum absolute atomic E-state index is 11.6. The minimum atomic E-state index is -0.887. The molecule has 0 fully saturated rings. The summed E-state index contributed by atoms with van der Waals surface area (Å²) < 4.78 is 5.06. The highest BCUT2D eigenvalue weighted by Gasteiger charge is 2.44. The maximum Gasteiger partial charge on any atom is 0.324 e. The number of carbonyl (C=O) groups is 1. The minimum Gasteiger partial charge on any atom is -0.480 e. The zero-order chi connectivity index (χ0) is 13.2. The lowest BCUT2D eigenvalue weighted by atomic mass is 9.94. The van der Waals surface area contributed by atoms with Crippen LogP contribution >= 0.6 is 0 Å². The molecular formula is C14H19NO3. The first-order chi connectivity index (χ1) is 8.57. The van der Waals surface area contributed by atoms with Gasteiger partial charge in [0.25, 0.3) is 0 Å². The summed E-state index contributed by atoms with van der Waals surface area (Å²) in [4.78, 5) is 11.6. The second-order valence-electron chi connectivity index (χ2n) is 5.01. The number of nitrogens with one attached hydrogen (secondary N) is 1. The Morgan fingerprint density at radius 3 is 2.44 bits per heavy atom. The second kappa shape index (κ2) is 5.08. The molecule has 1 aromatic rings. The molecule has 1 aromatic carbocycles. The van der Waals surface area contributed by atoms with Crippen LogP contribution in [0.5, 0.6) is 0 Å². The second-order valence-corrected chi connectivity index (χ2v) is 5.01. The Hall–Kier alpha value is -1.39. The summed E-state index contributed by atoms with van der Waals surface area (Å²) in [5.74, 6) is -0.790. The van der Waals surface area contributed by atoms with E-state index in [1.807, 2.05) is 31.2 Å². The molecule has 0 radical (unpaired) electrons. The van der Waals surface area contributed by atoms with Gasteiger partial charge in [0.1, 0.15) is 5.54 Å². The lowest BCUT2D eigenvalue weighted by Gasteiger charge is -2.29. The summed E-state index contributed by atoms with van der Waals surface area (Å²) in [6.07, 6.45) is 1.07. The SMILES string of the molecule is COCC(C)NC1(C(=O)O)Cc2ccccc2C1. The fourth-order valence-electron chi connectivity index (χ4n) is 2.69. The molecule has 1 unspecified atom stereocenters. The molecule has 1 aliphatic carbocycles. The van der Waals surface area contributed by atoms with Gasteiger partial charge in [-0.25, -0.2) is 0 Å². The number of carboxylic acid groups (broad SMARTS) is 1. The van der Waals surface area contributed by atoms with Gasteiger partial charge in [-0.3, -0.25) is 10.1 Å². The molecule has 1 atom stereocenters. The normalized spacial score (nSPS) is 18.3. The molecule has 0 saturated carbocycles. The van der Waals surface area contributed by atoms with E-state index in [-0.39, 0.29) is 6.04 Å². The van der Waals surface area contributed by atoms with Crippen molar-refractivity contribution in [1.29, 1.82) is 0 Å². The number of benzene rings is 1. The van der Waals surface area contributed by atoms with E-state index < -0.39 is 11.5 Å². The van der Waals surface area contributed by atoms with Gasteiger partial charge in [0.15, 0.2) is 0 Å². The average Bonchev–Trinajstić information content (AvgIpc) is 2.68. The Labute approximate surface area is 107 Å². The van der Waals surface area contributed by atoms with E-state index in [4.69, 9.17) is 4.74 Å². The molecule has 0 aliphatic heterocycles. The highest BCUT2D eigenvalue weighted by atomic mass is 16.5. The Morgan fingerprint density at radius 1 is 1.44 bits per heavy atom. The van der Waals surface area contributed by atoms with Gasteiger partial charge in [0.05, 0.1) is 6.61 Å². The van der Waals surface area contributed by atoms with Crippen LogP contribution in [0.2, 0.25) is 0 Å². The monoisotopic (exact) mass is 249 g/mol. The van der Waals surface area contributed by atoms with Gasteiger partial charge in [0.2, 0.25) is 0 Å². The van der Waals surface area contributed by atoms with Crippen molar-refractivity contribution in [1.82, 2.24) is 5.32 Å². The van der Waals surface area contributed by atoms with Crippen molar-refractivity contribution in [3.63, 3.8) is 0 Å². The molecule has 0 saturated heterocycles. The Bertz CT molecular complexity index is 419. The highest BCUT2D eigenvalue weighted by Crippen LogP contribution is 2.30. The van der Waals surface area contributed by atoms with E-state index >= 15 is 0 Å². The van der Waals surface area contributed by atoms with Gasteiger partial charge < -0.3 is 9.84 Å². The topological polar surface area (TPSA) is 58.6 Å². The van der Waals surface area contributed by atoms with E-state index in [0.717, 1.165) is 11.1 Å². The number of hydrogen-bond donors (Lipinski definition) is 2. The van der Waals surface area contributed by atoms with Gasteiger partial charge in [-0.1, -0.05) is 24.3 Å². The summed E-state index contributed by atoms with van der Waals surface area (Å²) >= 11 is 0. The van der Waals surface area contributed by atoms with Gasteiger partial charge in [-0.05, 0) is 18.1 Å². The molecule has 98 valence electrons. The number of fused-ring (bicyclic) bond motifs is 1. The lowest BCUT2D eigenvalue weighted by Crippen LogP contribution is -2.57. The van der Waals surface area contributed by atoms with E-state index in [1.54, 1.807) is 7.11 Å². The number of hydrogen-bond acceptors (Lipinski definition) is 3. The quantitative estimate of drug-likeness (QED) is 0.824. The third-order valence-corrected chi connectivity index (χ3v) is 3.45. The van der Waals surface area contributed by atoms with Crippen molar-refractivity contribution in [2.75, 3.05) is 13.7 Å². The third-order valence-electron chi connectivity index (χ3n) is 3.45. The Balaban J connectivity index is 2.19. The summed E-state index contributed by atoms with van der Waals surface area (Å²) in [5.41, 5.74) is 1.36. The predicted octanol–water partition coefficient (Wildman–Crippen LogP) is 1.23. The third kappa shape index (κ3) is 2.40. The average molecular weight is 249 g/mol. The largest absolute Gasteiger partial charge is 0.480 e. The number of methoxy groups -OCH3 is 1. The van der Waals surface area contributed by atoms with Crippen LogP contribution in [0.4, 0.5) is 0 Å². The Morgan fingerprint density at radius 2 is 2.00 bits per heavy atom. The number of carboxylic acids is 1. The van der Waals surface area contributed by atoms with Crippen LogP contribution in [0.1, 0.15) is 18.1 Å². The van der Waals surface area contributed by atoms with E-state index in [2.05, 4.69) is 5.32 Å². The molecule has 0 heterocycles.